The molecule has 1 saturated carbocycles. The van der Waals surface area contributed by atoms with Gasteiger partial charge in [0.2, 0.25) is 0 Å². The van der Waals surface area contributed by atoms with Crippen molar-refractivity contribution in [2.75, 3.05) is 19.6 Å². The zero-order valence-electron chi connectivity index (χ0n) is 13.0. The Labute approximate surface area is 114 Å². The van der Waals surface area contributed by atoms with E-state index in [9.17, 15) is 0 Å². The largest absolute Gasteiger partial charge is 0.329 e. The highest BCUT2D eigenvalue weighted by Crippen LogP contribution is 2.33. The summed E-state index contributed by atoms with van der Waals surface area (Å²) in [5.41, 5.74) is 6.52. The predicted octanol–water partition coefficient (Wildman–Crippen LogP) is 3.65. The van der Waals surface area contributed by atoms with Crippen LogP contribution in [0.3, 0.4) is 0 Å². The number of nitrogens with zero attached hydrogens (tertiary/aromatic N) is 1. The lowest BCUT2D eigenvalue weighted by molar-refractivity contribution is 0.0543. The molecule has 0 saturated heterocycles. The van der Waals surface area contributed by atoms with Crippen molar-refractivity contribution in [3.05, 3.63) is 0 Å². The van der Waals surface area contributed by atoms with Crippen molar-refractivity contribution in [2.45, 2.75) is 71.8 Å². The van der Waals surface area contributed by atoms with Crippen LogP contribution in [0.15, 0.2) is 0 Å². The minimum absolute atomic E-state index is 0.297. The number of hydrogen-bond donors (Lipinski definition) is 1. The summed E-state index contributed by atoms with van der Waals surface area (Å²) in [7, 11) is 0. The van der Waals surface area contributed by atoms with E-state index in [2.05, 4.69) is 32.6 Å². The van der Waals surface area contributed by atoms with Crippen molar-refractivity contribution in [3.8, 4) is 0 Å². The van der Waals surface area contributed by atoms with Crippen molar-refractivity contribution in [1.82, 2.24) is 4.90 Å². The monoisotopic (exact) mass is 254 g/mol. The maximum absolute atomic E-state index is 6.22. The molecule has 2 N–H and O–H groups in total. The first-order valence-corrected chi connectivity index (χ1v) is 7.95. The molecule has 0 aromatic carbocycles. The van der Waals surface area contributed by atoms with Gasteiger partial charge in [-0.25, -0.2) is 0 Å². The summed E-state index contributed by atoms with van der Waals surface area (Å²) < 4.78 is 0. The van der Waals surface area contributed by atoms with Gasteiger partial charge in [0.05, 0.1) is 0 Å². The Kier molecular flexibility index (Phi) is 6.65. The Morgan fingerprint density at radius 2 is 1.33 bits per heavy atom. The first kappa shape index (κ1) is 16.0. The molecule has 1 rings (SSSR count). The van der Waals surface area contributed by atoms with Crippen LogP contribution in [-0.2, 0) is 0 Å². The summed E-state index contributed by atoms with van der Waals surface area (Å²) in [6, 6.07) is 0. The molecule has 0 aromatic heterocycles. The van der Waals surface area contributed by atoms with Crippen molar-refractivity contribution < 1.29 is 0 Å². The van der Waals surface area contributed by atoms with Crippen LogP contribution in [0.25, 0.3) is 0 Å². The molecule has 0 amide bonds. The van der Waals surface area contributed by atoms with Gasteiger partial charge in [-0.15, -0.1) is 0 Å². The molecule has 1 aliphatic rings. The number of nitrogens with two attached hydrogens (primary N) is 1. The van der Waals surface area contributed by atoms with E-state index in [4.69, 9.17) is 5.73 Å². The second-order valence-electron chi connectivity index (χ2n) is 7.04. The van der Waals surface area contributed by atoms with Gasteiger partial charge >= 0.3 is 0 Å². The van der Waals surface area contributed by atoms with Crippen LogP contribution >= 0.6 is 0 Å². The van der Waals surface area contributed by atoms with Crippen LogP contribution in [0.2, 0.25) is 0 Å². The zero-order valence-corrected chi connectivity index (χ0v) is 13.0. The molecule has 0 spiro atoms. The molecule has 0 unspecified atom stereocenters. The van der Waals surface area contributed by atoms with E-state index >= 15 is 0 Å². The lowest BCUT2D eigenvalue weighted by Gasteiger charge is -2.45. The molecule has 0 radical (unpaired) electrons. The zero-order chi connectivity index (χ0) is 13.6. The first-order chi connectivity index (χ1) is 8.50. The molecule has 0 bridgehead atoms. The Morgan fingerprint density at radius 1 is 0.889 bits per heavy atom. The molecule has 18 heavy (non-hydrogen) atoms. The summed E-state index contributed by atoms with van der Waals surface area (Å²) in [4.78, 5) is 2.73. The van der Waals surface area contributed by atoms with Gasteiger partial charge in [-0.1, -0.05) is 53.4 Å². The third kappa shape index (κ3) is 4.55. The van der Waals surface area contributed by atoms with E-state index in [1.165, 1.54) is 51.6 Å². The molecule has 0 heterocycles. The van der Waals surface area contributed by atoms with E-state index in [0.29, 0.717) is 5.54 Å². The summed E-state index contributed by atoms with van der Waals surface area (Å²) in [5.74, 6) is 1.46. The molecular weight excluding hydrogens is 220 g/mol. The van der Waals surface area contributed by atoms with Crippen LogP contribution in [0, 0.1) is 11.8 Å². The molecular formula is C16H34N2. The highest BCUT2D eigenvalue weighted by molar-refractivity contribution is 4.93. The maximum Gasteiger partial charge on any atom is 0.0331 e. The Morgan fingerprint density at radius 3 is 1.67 bits per heavy atom. The van der Waals surface area contributed by atoms with Crippen molar-refractivity contribution in [1.29, 1.82) is 0 Å². The third-order valence-electron chi connectivity index (χ3n) is 4.26. The highest BCUT2D eigenvalue weighted by atomic mass is 15.2. The van der Waals surface area contributed by atoms with E-state index in [-0.39, 0.29) is 0 Å². The second-order valence-corrected chi connectivity index (χ2v) is 7.04. The average molecular weight is 254 g/mol. The van der Waals surface area contributed by atoms with Gasteiger partial charge in [0.15, 0.2) is 0 Å². The normalized spacial score (nSPS) is 20.7. The quantitative estimate of drug-likeness (QED) is 0.733. The summed E-state index contributed by atoms with van der Waals surface area (Å²) in [6.45, 7) is 12.6. The van der Waals surface area contributed by atoms with Gasteiger partial charge in [0, 0.05) is 25.2 Å². The van der Waals surface area contributed by atoms with Crippen LogP contribution in [0.5, 0.6) is 0 Å². The minimum atomic E-state index is 0.297. The lowest BCUT2D eigenvalue weighted by atomic mass is 9.86. The summed E-state index contributed by atoms with van der Waals surface area (Å²) >= 11 is 0. The number of hydrogen-bond acceptors (Lipinski definition) is 2. The molecule has 2 nitrogen and oxygen atoms in total. The Hall–Kier alpha value is -0.0800. The van der Waals surface area contributed by atoms with Gasteiger partial charge in [0.1, 0.15) is 0 Å². The lowest BCUT2D eigenvalue weighted by Crippen LogP contribution is -2.55. The molecule has 0 aromatic rings. The fourth-order valence-electron chi connectivity index (χ4n) is 3.38. The van der Waals surface area contributed by atoms with Gasteiger partial charge in [0.25, 0.3) is 0 Å². The van der Waals surface area contributed by atoms with Crippen molar-refractivity contribution in [2.24, 2.45) is 17.6 Å². The molecule has 0 atom stereocenters. The van der Waals surface area contributed by atoms with Crippen LogP contribution in [0.4, 0.5) is 0 Å². The highest BCUT2D eigenvalue weighted by Gasteiger charge is 2.36. The van der Waals surface area contributed by atoms with E-state index < -0.39 is 0 Å². The van der Waals surface area contributed by atoms with Crippen LogP contribution in [-0.4, -0.2) is 30.1 Å². The van der Waals surface area contributed by atoms with Crippen LogP contribution < -0.4 is 5.73 Å². The molecule has 1 aliphatic carbocycles. The predicted molar refractivity (Wildman–Crippen MR) is 80.7 cm³/mol. The van der Waals surface area contributed by atoms with Crippen molar-refractivity contribution >= 4 is 0 Å². The molecule has 2 heteroatoms. The van der Waals surface area contributed by atoms with Crippen LogP contribution in [0.1, 0.15) is 66.2 Å². The van der Waals surface area contributed by atoms with Gasteiger partial charge in [-0.3, -0.25) is 4.90 Å². The van der Waals surface area contributed by atoms with Gasteiger partial charge in [-0.05, 0) is 24.7 Å². The third-order valence-corrected chi connectivity index (χ3v) is 4.26. The molecule has 108 valence electrons. The summed E-state index contributed by atoms with van der Waals surface area (Å²) in [6.07, 6.45) is 8.15. The van der Waals surface area contributed by atoms with Crippen molar-refractivity contribution in [3.63, 3.8) is 0 Å². The second kappa shape index (κ2) is 7.49. The van der Waals surface area contributed by atoms with Gasteiger partial charge < -0.3 is 5.73 Å². The van der Waals surface area contributed by atoms with Gasteiger partial charge in [-0.2, -0.15) is 0 Å². The fourth-order valence-corrected chi connectivity index (χ4v) is 3.38. The number of rotatable bonds is 6. The SMILES string of the molecule is CC(C)CN(CC(C)C)C1(CN)CCCCCC1. The average Bonchev–Trinajstić information content (AvgIpc) is 2.53. The Bertz CT molecular complexity index is 205. The first-order valence-electron chi connectivity index (χ1n) is 7.95. The molecule has 1 fully saturated rings. The maximum atomic E-state index is 6.22. The molecule has 0 aliphatic heterocycles. The standard InChI is InChI=1S/C16H34N2/c1-14(2)11-18(12-15(3)4)16(13-17)9-7-5-6-8-10-16/h14-15H,5-13,17H2,1-4H3. The van der Waals surface area contributed by atoms with E-state index in [1.54, 1.807) is 0 Å². The summed E-state index contributed by atoms with van der Waals surface area (Å²) in [5, 5.41) is 0. The van der Waals surface area contributed by atoms with E-state index in [0.717, 1.165) is 18.4 Å². The minimum Gasteiger partial charge on any atom is -0.329 e. The Balaban J connectivity index is 2.81. The van der Waals surface area contributed by atoms with E-state index in [1.807, 2.05) is 0 Å². The fraction of sp³-hybridized carbons (Fsp3) is 1.00. The smallest absolute Gasteiger partial charge is 0.0331 e. The topological polar surface area (TPSA) is 29.3 Å².